The number of hydrogen-bond acceptors (Lipinski definition) is 5. The van der Waals surface area contributed by atoms with Gasteiger partial charge in [0, 0.05) is 20.8 Å². The van der Waals surface area contributed by atoms with Crippen molar-refractivity contribution in [3.8, 4) is 5.75 Å². The molecule has 0 saturated heterocycles. The van der Waals surface area contributed by atoms with E-state index in [1.165, 1.54) is 19.2 Å². The number of sulfonamides is 1. The van der Waals surface area contributed by atoms with Crippen molar-refractivity contribution in [1.29, 1.82) is 0 Å². The van der Waals surface area contributed by atoms with E-state index in [1.54, 1.807) is 24.3 Å². The van der Waals surface area contributed by atoms with Crippen molar-refractivity contribution in [1.82, 2.24) is 0 Å². The van der Waals surface area contributed by atoms with Gasteiger partial charge in [0.15, 0.2) is 6.29 Å². The summed E-state index contributed by atoms with van der Waals surface area (Å²) in [6, 6.07) is 11.2. The van der Waals surface area contributed by atoms with Crippen LogP contribution in [0.15, 0.2) is 53.4 Å². The van der Waals surface area contributed by atoms with Gasteiger partial charge in [-0.2, -0.15) is 0 Å². The van der Waals surface area contributed by atoms with Gasteiger partial charge in [0.25, 0.3) is 10.0 Å². The second-order valence-electron chi connectivity index (χ2n) is 6.45. The zero-order valence-corrected chi connectivity index (χ0v) is 19.1. The Labute approximate surface area is 188 Å². The molecule has 3 aromatic rings. The third-order valence-electron chi connectivity index (χ3n) is 4.34. The Morgan fingerprint density at radius 3 is 2.16 bits per heavy atom. The average Bonchev–Trinajstić information content (AvgIpc) is 2.69. The minimum Gasteiger partial charge on any atom is -0.495 e. The lowest BCUT2D eigenvalue weighted by molar-refractivity contribution is 0.112. The summed E-state index contributed by atoms with van der Waals surface area (Å²) in [4.78, 5) is 30.5. The Morgan fingerprint density at radius 2 is 1.65 bits per heavy atom. The summed E-state index contributed by atoms with van der Waals surface area (Å²) >= 11 is 11.9. The first-order valence-electron chi connectivity index (χ1n) is 8.56. The summed E-state index contributed by atoms with van der Waals surface area (Å²) in [5.41, 5.74) is -0.107. The predicted octanol–water partition coefficient (Wildman–Crippen LogP) is 4.30. The number of methoxy groups -OCH3 is 1. The first kappa shape index (κ1) is 23.5. The van der Waals surface area contributed by atoms with Gasteiger partial charge in [0.1, 0.15) is 12.0 Å². The van der Waals surface area contributed by atoms with Crippen LogP contribution in [0, 0.1) is 0 Å². The van der Waals surface area contributed by atoms with Gasteiger partial charge in [0.05, 0.1) is 23.3 Å². The minimum atomic E-state index is -4.89. The van der Waals surface area contributed by atoms with E-state index in [0.29, 0.717) is 21.4 Å². The van der Waals surface area contributed by atoms with Gasteiger partial charge < -0.3 is 14.5 Å². The molecule has 0 aliphatic heterocycles. The van der Waals surface area contributed by atoms with Gasteiger partial charge in [-0.25, -0.2) is 8.42 Å². The number of carbonyl (C=O) groups is 1. The molecule has 0 saturated carbocycles. The number of benzene rings is 3. The van der Waals surface area contributed by atoms with Gasteiger partial charge >= 0.3 is 7.60 Å². The number of nitrogens with zero attached hydrogens (tertiary/aromatic N) is 1. The Kier molecular flexibility index (Phi) is 6.67. The van der Waals surface area contributed by atoms with Crippen LogP contribution in [0.25, 0.3) is 10.8 Å². The van der Waals surface area contributed by atoms with E-state index in [0.717, 1.165) is 12.1 Å². The number of fused-ring (bicyclic) bond motifs is 1. The molecule has 0 amide bonds. The van der Waals surface area contributed by atoms with E-state index in [-0.39, 0.29) is 31.9 Å². The molecule has 0 aliphatic rings. The Balaban J connectivity index is 2.39. The number of halogens is 2. The van der Waals surface area contributed by atoms with Gasteiger partial charge in [-0.3, -0.25) is 13.7 Å². The van der Waals surface area contributed by atoms with E-state index < -0.39 is 23.9 Å². The lowest BCUT2D eigenvalue weighted by Gasteiger charge is -2.27. The quantitative estimate of drug-likeness (QED) is 0.364. The van der Waals surface area contributed by atoms with E-state index in [4.69, 9.17) is 27.9 Å². The molecule has 3 rings (SSSR count). The molecule has 0 heterocycles. The van der Waals surface area contributed by atoms with Crippen molar-refractivity contribution >= 4 is 63.6 Å². The number of rotatable bonds is 7. The predicted molar refractivity (Wildman–Crippen MR) is 119 cm³/mol. The van der Waals surface area contributed by atoms with Crippen molar-refractivity contribution in [2.45, 2.75) is 4.90 Å². The summed E-state index contributed by atoms with van der Waals surface area (Å²) in [6.45, 7) is 0. The SMILES string of the molecule is COc1c(C=O)cc(N(CP(=O)(O)O)S(=O)(=O)c2cc(Cl)cc(Cl)c2)c2ccccc12. The monoisotopic (exact) mass is 503 g/mol. The maximum absolute atomic E-state index is 13.5. The van der Waals surface area contributed by atoms with Gasteiger partial charge in [-0.1, -0.05) is 47.5 Å². The highest BCUT2D eigenvalue weighted by molar-refractivity contribution is 7.93. The molecule has 0 bridgehead atoms. The minimum absolute atomic E-state index is 0.00578. The molecular weight excluding hydrogens is 488 g/mol. The van der Waals surface area contributed by atoms with Gasteiger partial charge in [-0.05, 0) is 24.3 Å². The fourth-order valence-electron chi connectivity index (χ4n) is 3.13. The molecule has 0 aliphatic carbocycles. The molecule has 0 fully saturated rings. The average molecular weight is 504 g/mol. The molecule has 31 heavy (non-hydrogen) atoms. The van der Waals surface area contributed by atoms with Gasteiger partial charge in [-0.15, -0.1) is 0 Å². The van der Waals surface area contributed by atoms with Crippen molar-refractivity contribution in [3.63, 3.8) is 0 Å². The van der Waals surface area contributed by atoms with Crippen LogP contribution < -0.4 is 9.04 Å². The highest BCUT2D eigenvalue weighted by Gasteiger charge is 2.33. The van der Waals surface area contributed by atoms with Crippen LogP contribution in [0.5, 0.6) is 5.75 Å². The highest BCUT2D eigenvalue weighted by atomic mass is 35.5. The van der Waals surface area contributed by atoms with Crippen LogP contribution in [0.4, 0.5) is 5.69 Å². The Morgan fingerprint density at radius 1 is 1.06 bits per heavy atom. The van der Waals surface area contributed by atoms with Crippen LogP contribution in [0.2, 0.25) is 10.0 Å². The molecule has 3 aromatic carbocycles. The molecule has 12 heteroatoms. The van der Waals surface area contributed by atoms with Crippen LogP contribution in [-0.2, 0) is 14.6 Å². The fraction of sp³-hybridized carbons (Fsp3) is 0.105. The summed E-state index contributed by atoms with van der Waals surface area (Å²) < 4.78 is 44.6. The molecular formula is C19H16Cl2NO7PS. The molecule has 164 valence electrons. The maximum atomic E-state index is 13.5. The number of ether oxygens (including phenoxy) is 1. The third-order valence-corrected chi connectivity index (χ3v) is 7.36. The second kappa shape index (κ2) is 8.78. The fourth-order valence-corrected chi connectivity index (χ4v) is 6.54. The van der Waals surface area contributed by atoms with E-state index in [9.17, 15) is 27.6 Å². The summed E-state index contributed by atoms with van der Waals surface area (Å²) in [5, 5.41) is 0.737. The van der Waals surface area contributed by atoms with E-state index >= 15 is 0 Å². The summed E-state index contributed by atoms with van der Waals surface area (Å²) in [7, 11) is -8.09. The van der Waals surface area contributed by atoms with E-state index in [1.807, 2.05) is 0 Å². The molecule has 0 spiro atoms. The normalized spacial score (nSPS) is 12.0. The van der Waals surface area contributed by atoms with Crippen LogP contribution >= 0.6 is 30.8 Å². The molecule has 8 nitrogen and oxygen atoms in total. The largest absolute Gasteiger partial charge is 0.495 e. The molecule has 0 aromatic heterocycles. The van der Waals surface area contributed by atoms with Crippen LogP contribution in [0.1, 0.15) is 10.4 Å². The zero-order valence-electron chi connectivity index (χ0n) is 15.9. The summed E-state index contributed by atoms with van der Waals surface area (Å²) in [5.74, 6) is 0.202. The van der Waals surface area contributed by atoms with Crippen molar-refractivity contribution in [2.75, 3.05) is 17.7 Å². The Hall–Kier alpha value is -2.13. The van der Waals surface area contributed by atoms with Crippen molar-refractivity contribution in [3.05, 3.63) is 64.1 Å². The lowest BCUT2D eigenvalue weighted by atomic mass is 10.0. The molecule has 0 radical (unpaired) electrons. The first-order valence-corrected chi connectivity index (χ1v) is 12.6. The highest BCUT2D eigenvalue weighted by Crippen LogP contribution is 2.44. The van der Waals surface area contributed by atoms with Crippen LogP contribution in [0.3, 0.4) is 0 Å². The maximum Gasteiger partial charge on any atom is 0.345 e. The third kappa shape index (κ3) is 4.87. The van der Waals surface area contributed by atoms with E-state index in [2.05, 4.69) is 0 Å². The number of aldehydes is 1. The number of hydrogen-bond donors (Lipinski definition) is 2. The molecule has 2 N–H and O–H groups in total. The molecule has 0 atom stereocenters. The van der Waals surface area contributed by atoms with Gasteiger partial charge in [0.2, 0.25) is 0 Å². The summed E-state index contributed by atoms with van der Waals surface area (Å²) in [6.07, 6.45) is -0.707. The topological polar surface area (TPSA) is 121 Å². The lowest BCUT2D eigenvalue weighted by Crippen LogP contribution is -2.32. The first-order chi connectivity index (χ1) is 14.5. The standard InChI is InChI=1S/C19H16Cl2NO7PS/c1-29-19-12(10-23)6-18(16-4-2-3-5-17(16)19)22(11-30(24,25)26)31(27,28)15-8-13(20)7-14(21)9-15/h2-10H,11H2,1H3,(H2,24,25,26). The molecule has 0 unspecified atom stereocenters. The zero-order chi connectivity index (χ0) is 23.0. The number of anilines is 1. The van der Waals surface area contributed by atoms with Crippen LogP contribution in [-0.4, -0.2) is 37.9 Å². The smallest absolute Gasteiger partial charge is 0.345 e. The van der Waals surface area contributed by atoms with Crippen molar-refractivity contribution in [2.24, 2.45) is 0 Å². The number of carbonyl (C=O) groups excluding carboxylic acids is 1. The second-order valence-corrected chi connectivity index (χ2v) is 10.8. The van der Waals surface area contributed by atoms with Crippen molar-refractivity contribution < 1.29 is 32.3 Å². The Bertz CT molecular complexity index is 1300.